The summed E-state index contributed by atoms with van der Waals surface area (Å²) in [5.41, 5.74) is 13.2. The van der Waals surface area contributed by atoms with E-state index in [1.807, 2.05) is 11.9 Å². The van der Waals surface area contributed by atoms with E-state index in [2.05, 4.69) is 33.0 Å². The lowest BCUT2D eigenvalue weighted by Gasteiger charge is -2.49. The Morgan fingerprint density at radius 2 is 1.73 bits per heavy atom. The van der Waals surface area contributed by atoms with E-state index in [0.29, 0.717) is 16.9 Å². The smallest absolute Gasteiger partial charge is 0.256 e. The van der Waals surface area contributed by atoms with Gasteiger partial charge >= 0.3 is 0 Å². The molecule has 0 bridgehead atoms. The summed E-state index contributed by atoms with van der Waals surface area (Å²) in [5.74, 6) is -0.0664. The molecule has 0 aliphatic carbocycles. The molecule has 0 spiro atoms. The van der Waals surface area contributed by atoms with Gasteiger partial charge in [-0.1, -0.05) is 0 Å². The maximum Gasteiger partial charge on any atom is 0.256 e. The molecule has 0 atom stereocenters. The van der Waals surface area contributed by atoms with Gasteiger partial charge in [-0.15, -0.1) is 0 Å². The summed E-state index contributed by atoms with van der Waals surface area (Å²) in [6.45, 7) is 8.70. The third kappa shape index (κ3) is 3.53. The van der Waals surface area contributed by atoms with Crippen molar-refractivity contribution in [3.05, 3.63) is 23.8 Å². The minimum Gasteiger partial charge on any atom is -0.399 e. The molecule has 1 amide bonds. The Kier molecular flexibility index (Phi) is 4.13. The number of piperidine rings is 1. The Balaban J connectivity index is 2.25. The summed E-state index contributed by atoms with van der Waals surface area (Å²) < 4.78 is 0. The molecule has 1 aliphatic heterocycles. The van der Waals surface area contributed by atoms with Crippen molar-refractivity contribution in [2.75, 3.05) is 18.5 Å². The van der Waals surface area contributed by atoms with Crippen LogP contribution in [0.15, 0.2) is 18.2 Å². The number of nitrogens with zero attached hydrogens (tertiary/aromatic N) is 1. The summed E-state index contributed by atoms with van der Waals surface area (Å²) in [6.07, 6.45) is 1.81. The van der Waals surface area contributed by atoms with Gasteiger partial charge in [0.1, 0.15) is 0 Å². The molecule has 2 rings (SSSR count). The predicted octanol–water partition coefficient (Wildman–Crippen LogP) is 2.23. The van der Waals surface area contributed by atoms with Gasteiger partial charge in [-0.2, -0.15) is 0 Å². The quantitative estimate of drug-likeness (QED) is 0.732. The van der Waals surface area contributed by atoms with E-state index in [-0.39, 0.29) is 23.0 Å². The van der Waals surface area contributed by atoms with Gasteiger partial charge in [-0.3, -0.25) is 4.79 Å². The number of nitrogens with one attached hydrogen (secondary N) is 1. The number of carbonyl (C=O) groups is 1. The fourth-order valence-electron chi connectivity index (χ4n) is 3.66. The first-order chi connectivity index (χ1) is 10.0. The number of hydrogen-bond acceptors (Lipinski definition) is 4. The normalized spacial score (nSPS) is 20.6. The molecule has 5 N–H and O–H groups in total. The van der Waals surface area contributed by atoms with Crippen molar-refractivity contribution in [1.29, 1.82) is 0 Å². The van der Waals surface area contributed by atoms with E-state index in [1.54, 1.807) is 18.2 Å². The average Bonchev–Trinajstić information content (AvgIpc) is 2.36. The molecule has 0 aromatic heterocycles. The summed E-state index contributed by atoms with van der Waals surface area (Å²) in [4.78, 5) is 14.6. The van der Waals surface area contributed by atoms with Crippen LogP contribution in [0.4, 0.5) is 11.4 Å². The molecule has 1 saturated heterocycles. The maximum atomic E-state index is 12.8. The van der Waals surface area contributed by atoms with Crippen LogP contribution in [-0.4, -0.2) is 35.0 Å². The Bertz CT molecular complexity index is 564. The van der Waals surface area contributed by atoms with Gasteiger partial charge < -0.3 is 21.7 Å². The third-order valence-electron chi connectivity index (χ3n) is 4.34. The number of carbonyl (C=O) groups excluding carboxylic acids is 1. The van der Waals surface area contributed by atoms with Crippen LogP contribution in [0.5, 0.6) is 0 Å². The van der Waals surface area contributed by atoms with Crippen LogP contribution in [0.3, 0.4) is 0 Å². The summed E-state index contributed by atoms with van der Waals surface area (Å²) in [7, 11) is 1.85. The molecule has 5 heteroatoms. The van der Waals surface area contributed by atoms with Crippen LogP contribution >= 0.6 is 0 Å². The second-order valence-electron chi connectivity index (χ2n) is 7.72. The highest BCUT2D eigenvalue weighted by atomic mass is 16.2. The van der Waals surface area contributed by atoms with Crippen molar-refractivity contribution >= 4 is 17.3 Å². The summed E-state index contributed by atoms with van der Waals surface area (Å²) in [5, 5.41) is 3.63. The Morgan fingerprint density at radius 1 is 1.18 bits per heavy atom. The Labute approximate surface area is 133 Å². The SMILES string of the molecule is CN(C(=O)c1cc(N)ccc1N)C1CC(C)(C)NC(C)(C)C1. The zero-order valence-corrected chi connectivity index (χ0v) is 14.2. The van der Waals surface area contributed by atoms with Gasteiger partial charge in [0, 0.05) is 35.5 Å². The van der Waals surface area contributed by atoms with E-state index in [1.165, 1.54) is 0 Å². The van der Waals surface area contributed by atoms with E-state index in [4.69, 9.17) is 11.5 Å². The Hall–Kier alpha value is -1.75. The number of anilines is 2. The number of rotatable bonds is 2. The van der Waals surface area contributed by atoms with Crippen molar-refractivity contribution in [2.24, 2.45) is 0 Å². The van der Waals surface area contributed by atoms with E-state index in [9.17, 15) is 4.79 Å². The van der Waals surface area contributed by atoms with Crippen molar-refractivity contribution < 1.29 is 4.79 Å². The fourth-order valence-corrected chi connectivity index (χ4v) is 3.66. The molecule has 1 aliphatic rings. The van der Waals surface area contributed by atoms with Gasteiger partial charge in [0.2, 0.25) is 0 Å². The molecule has 0 saturated carbocycles. The molecule has 1 aromatic rings. The van der Waals surface area contributed by atoms with Crippen molar-refractivity contribution in [3.8, 4) is 0 Å². The molecule has 0 radical (unpaired) electrons. The predicted molar refractivity (Wildman–Crippen MR) is 91.7 cm³/mol. The highest BCUT2D eigenvalue weighted by Gasteiger charge is 2.40. The highest BCUT2D eigenvalue weighted by Crippen LogP contribution is 2.32. The molecule has 1 fully saturated rings. The van der Waals surface area contributed by atoms with Gasteiger partial charge in [-0.25, -0.2) is 0 Å². The lowest BCUT2D eigenvalue weighted by atomic mass is 9.79. The zero-order valence-electron chi connectivity index (χ0n) is 14.2. The van der Waals surface area contributed by atoms with Crippen molar-refractivity contribution in [3.63, 3.8) is 0 Å². The molecule has 5 nitrogen and oxygen atoms in total. The van der Waals surface area contributed by atoms with Crippen LogP contribution in [0.1, 0.15) is 50.9 Å². The van der Waals surface area contributed by atoms with Gasteiger partial charge in [-0.05, 0) is 58.7 Å². The standard InChI is InChI=1S/C17H28N4O/c1-16(2)9-12(10-17(3,4)20-16)21(5)15(22)13-8-11(18)6-7-14(13)19/h6-8,12,20H,9-10,18-19H2,1-5H3. The number of hydrogen-bond donors (Lipinski definition) is 3. The number of benzene rings is 1. The molecule has 122 valence electrons. The summed E-state index contributed by atoms with van der Waals surface area (Å²) in [6, 6.07) is 5.22. The van der Waals surface area contributed by atoms with Crippen LogP contribution in [0.25, 0.3) is 0 Å². The van der Waals surface area contributed by atoms with Gasteiger partial charge in [0.05, 0.1) is 5.56 Å². The fraction of sp³-hybridized carbons (Fsp3) is 0.588. The topological polar surface area (TPSA) is 84.4 Å². The highest BCUT2D eigenvalue weighted by molar-refractivity contribution is 6.00. The number of nitrogen functional groups attached to an aromatic ring is 2. The Morgan fingerprint density at radius 3 is 2.27 bits per heavy atom. The first-order valence-electron chi connectivity index (χ1n) is 7.72. The van der Waals surface area contributed by atoms with E-state index < -0.39 is 0 Å². The van der Waals surface area contributed by atoms with Crippen LogP contribution in [0.2, 0.25) is 0 Å². The van der Waals surface area contributed by atoms with E-state index in [0.717, 1.165) is 12.8 Å². The molecule has 1 aromatic carbocycles. The zero-order chi connectivity index (χ0) is 16.7. The number of amides is 1. The lowest BCUT2D eigenvalue weighted by molar-refractivity contribution is 0.0530. The maximum absolute atomic E-state index is 12.8. The minimum absolute atomic E-state index is 0.0117. The average molecular weight is 304 g/mol. The van der Waals surface area contributed by atoms with Gasteiger partial charge in [0.15, 0.2) is 0 Å². The molecular formula is C17H28N4O. The largest absolute Gasteiger partial charge is 0.399 e. The monoisotopic (exact) mass is 304 g/mol. The van der Waals surface area contributed by atoms with Crippen LogP contribution in [0, 0.1) is 0 Å². The molecule has 0 unspecified atom stereocenters. The first kappa shape index (κ1) is 16.6. The van der Waals surface area contributed by atoms with E-state index >= 15 is 0 Å². The minimum atomic E-state index is -0.0664. The van der Waals surface area contributed by atoms with Gasteiger partial charge in [0.25, 0.3) is 5.91 Å². The lowest BCUT2D eigenvalue weighted by Crippen LogP contribution is -2.62. The third-order valence-corrected chi connectivity index (χ3v) is 4.34. The molecule has 1 heterocycles. The summed E-state index contributed by atoms with van der Waals surface area (Å²) >= 11 is 0. The number of nitrogens with two attached hydrogens (primary N) is 2. The molecule has 22 heavy (non-hydrogen) atoms. The first-order valence-corrected chi connectivity index (χ1v) is 7.72. The van der Waals surface area contributed by atoms with Crippen LogP contribution in [-0.2, 0) is 0 Å². The van der Waals surface area contributed by atoms with Crippen molar-refractivity contribution in [1.82, 2.24) is 10.2 Å². The second-order valence-corrected chi connectivity index (χ2v) is 7.72. The van der Waals surface area contributed by atoms with Crippen molar-refractivity contribution in [2.45, 2.75) is 57.7 Å². The second kappa shape index (κ2) is 5.47. The van der Waals surface area contributed by atoms with Crippen LogP contribution < -0.4 is 16.8 Å². The molecular weight excluding hydrogens is 276 g/mol.